The maximum atomic E-state index is 11.9. The monoisotopic (exact) mass is 595 g/mol. The number of hydrogen-bond donors (Lipinski definition) is 0. The molecule has 5 aromatic rings. The summed E-state index contributed by atoms with van der Waals surface area (Å²) in [5.74, 6) is 2.03. The van der Waals surface area contributed by atoms with Crippen LogP contribution in [0, 0.1) is 0 Å². The molecule has 0 N–H and O–H groups in total. The first-order chi connectivity index (χ1) is 20.9. The molecule has 0 saturated carbocycles. The lowest BCUT2D eigenvalue weighted by Gasteiger charge is -2.19. The number of hydrogen-bond acceptors (Lipinski definition) is 6. The van der Waals surface area contributed by atoms with Crippen molar-refractivity contribution in [3.8, 4) is 16.2 Å². The number of nitrogens with zero attached hydrogens (tertiary/aromatic N) is 3. The molecule has 0 saturated heterocycles. The van der Waals surface area contributed by atoms with Gasteiger partial charge in [-0.05, 0) is 71.8 Å². The van der Waals surface area contributed by atoms with E-state index in [1.165, 1.54) is 38.2 Å². The van der Waals surface area contributed by atoms with E-state index >= 15 is 0 Å². The molecule has 0 unspecified atom stereocenters. The molecule has 5 rings (SSSR count). The fourth-order valence-electron chi connectivity index (χ4n) is 5.53. The molecule has 0 fully saturated rings. The van der Waals surface area contributed by atoms with Gasteiger partial charge in [0.25, 0.3) is 0 Å². The van der Waals surface area contributed by atoms with Gasteiger partial charge in [-0.3, -0.25) is 4.79 Å². The third-order valence-electron chi connectivity index (χ3n) is 7.72. The van der Waals surface area contributed by atoms with Crippen molar-refractivity contribution in [2.45, 2.75) is 72.1 Å². The number of benzene rings is 3. The first kappa shape index (κ1) is 30.5. The summed E-state index contributed by atoms with van der Waals surface area (Å²) in [5, 5.41) is 1.68. The van der Waals surface area contributed by atoms with Crippen molar-refractivity contribution < 1.29 is 14.4 Å². The second-order valence-corrected chi connectivity index (χ2v) is 12.2. The normalized spacial score (nSPS) is 11.5. The summed E-state index contributed by atoms with van der Waals surface area (Å²) < 4.78 is 8.14. The van der Waals surface area contributed by atoms with Gasteiger partial charge in [0.1, 0.15) is 18.2 Å². The minimum Gasteiger partial charge on any atom is -0.489 e. The van der Waals surface area contributed by atoms with E-state index in [0.29, 0.717) is 25.6 Å². The number of carbonyl (C=O) groups is 1. The van der Waals surface area contributed by atoms with Crippen LogP contribution in [-0.2, 0) is 36.4 Å². The summed E-state index contributed by atoms with van der Waals surface area (Å²) in [4.78, 5) is 24.5. The zero-order valence-corrected chi connectivity index (χ0v) is 26.4. The molecule has 6 nitrogen and oxygen atoms in total. The van der Waals surface area contributed by atoms with Gasteiger partial charge in [0, 0.05) is 23.7 Å². The topological polar surface area (TPSA) is 56.6 Å². The Hall–Kier alpha value is -3.94. The molecule has 2 heterocycles. The summed E-state index contributed by atoms with van der Waals surface area (Å²) in [6, 6.07) is 29.4. The Labute approximate surface area is 258 Å². The van der Waals surface area contributed by atoms with Crippen LogP contribution in [0.25, 0.3) is 21.5 Å². The summed E-state index contributed by atoms with van der Waals surface area (Å²) in [6.45, 7) is 7.35. The standard InChI is InChI=1S/C36H41N3O3S/c1-5-9-28(10-6-2)29-17-19-31(20-18-29)41-25-27-13-15-30(16-14-27)35-22-21-32(43-35)23-39(42-26(3)40)24-36-37-33-11-7-8-12-34(33)38(36)4/h7-8,11-22,28H,5-6,9-10,23-25H2,1-4H3. The van der Waals surface area contributed by atoms with E-state index in [-0.39, 0.29) is 5.97 Å². The van der Waals surface area contributed by atoms with Crippen LogP contribution in [0.3, 0.4) is 0 Å². The summed E-state index contributed by atoms with van der Waals surface area (Å²) >= 11 is 1.70. The highest BCUT2D eigenvalue weighted by atomic mass is 32.1. The third-order valence-corrected chi connectivity index (χ3v) is 8.84. The summed E-state index contributed by atoms with van der Waals surface area (Å²) in [5.41, 5.74) is 5.67. The number of imidazole rings is 1. The van der Waals surface area contributed by atoms with E-state index in [1.807, 2.05) is 35.9 Å². The van der Waals surface area contributed by atoms with Crippen molar-refractivity contribution in [2.75, 3.05) is 0 Å². The highest BCUT2D eigenvalue weighted by Gasteiger charge is 2.17. The lowest BCUT2D eigenvalue weighted by molar-refractivity contribution is -0.194. The van der Waals surface area contributed by atoms with Crippen LogP contribution in [0.5, 0.6) is 5.75 Å². The Bertz CT molecular complexity index is 1620. The highest BCUT2D eigenvalue weighted by molar-refractivity contribution is 7.15. The zero-order valence-electron chi connectivity index (χ0n) is 25.6. The average molecular weight is 596 g/mol. The minimum absolute atomic E-state index is 0.346. The number of para-hydroxylation sites is 2. The SMILES string of the molecule is CCCC(CCC)c1ccc(OCc2ccc(-c3ccc(CN(Cc4nc5ccccc5n4C)OC(C)=O)s3)cc2)cc1. The van der Waals surface area contributed by atoms with E-state index in [9.17, 15) is 4.79 Å². The maximum Gasteiger partial charge on any atom is 0.322 e. The molecule has 0 radical (unpaired) electrons. The van der Waals surface area contributed by atoms with Crippen LogP contribution in [0.15, 0.2) is 84.9 Å². The Morgan fingerprint density at radius 3 is 2.30 bits per heavy atom. The summed E-state index contributed by atoms with van der Waals surface area (Å²) in [7, 11) is 1.99. The Morgan fingerprint density at radius 2 is 1.63 bits per heavy atom. The minimum atomic E-state index is -0.346. The first-order valence-corrected chi connectivity index (χ1v) is 16.0. The number of hydroxylamine groups is 2. The number of carbonyl (C=O) groups excluding carboxylic acids is 1. The van der Waals surface area contributed by atoms with E-state index < -0.39 is 0 Å². The van der Waals surface area contributed by atoms with Gasteiger partial charge in [-0.15, -0.1) is 16.4 Å². The van der Waals surface area contributed by atoms with E-state index in [0.717, 1.165) is 43.5 Å². The molecule has 0 atom stereocenters. The fourth-order valence-corrected chi connectivity index (χ4v) is 6.55. The van der Waals surface area contributed by atoms with Crippen LogP contribution < -0.4 is 4.74 Å². The number of thiophene rings is 1. The quantitative estimate of drug-likeness (QED) is 0.120. The lowest BCUT2D eigenvalue weighted by Crippen LogP contribution is -2.26. The molecule has 0 amide bonds. The van der Waals surface area contributed by atoms with Crippen molar-refractivity contribution in [1.82, 2.24) is 14.6 Å². The second kappa shape index (κ2) is 14.5. The van der Waals surface area contributed by atoms with Crippen LogP contribution in [0.2, 0.25) is 0 Å². The van der Waals surface area contributed by atoms with Crippen LogP contribution in [0.4, 0.5) is 0 Å². The van der Waals surface area contributed by atoms with Crippen molar-refractivity contribution in [3.05, 3.63) is 107 Å². The molecule has 3 aromatic carbocycles. The summed E-state index contributed by atoms with van der Waals surface area (Å²) in [6.07, 6.45) is 4.89. The predicted octanol–water partition coefficient (Wildman–Crippen LogP) is 9.04. The van der Waals surface area contributed by atoms with Crippen molar-refractivity contribution in [2.24, 2.45) is 7.05 Å². The number of aryl methyl sites for hydroxylation is 1. The number of aromatic nitrogens is 2. The Morgan fingerprint density at radius 1 is 0.907 bits per heavy atom. The van der Waals surface area contributed by atoms with E-state index in [1.54, 1.807) is 16.4 Å². The fraction of sp³-hybridized carbons (Fsp3) is 0.333. The maximum absolute atomic E-state index is 11.9. The molecule has 0 aliphatic heterocycles. The van der Waals surface area contributed by atoms with Gasteiger partial charge in [-0.2, -0.15) is 0 Å². The molecule has 43 heavy (non-hydrogen) atoms. The molecule has 2 aromatic heterocycles. The predicted molar refractivity (Wildman–Crippen MR) is 175 cm³/mol. The zero-order chi connectivity index (χ0) is 30.2. The Kier molecular flexibility index (Phi) is 10.3. The van der Waals surface area contributed by atoms with Crippen LogP contribution in [0.1, 0.15) is 74.2 Å². The van der Waals surface area contributed by atoms with E-state index in [4.69, 9.17) is 14.6 Å². The molecule has 0 aliphatic rings. The molecule has 0 aliphatic carbocycles. The number of ether oxygens (including phenoxy) is 1. The van der Waals surface area contributed by atoms with Crippen molar-refractivity contribution >= 4 is 28.3 Å². The largest absolute Gasteiger partial charge is 0.489 e. The average Bonchev–Trinajstić information content (AvgIpc) is 3.60. The highest BCUT2D eigenvalue weighted by Crippen LogP contribution is 2.31. The molecular weight excluding hydrogens is 554 g/mol. The lowest BCUT2D eigenvalue weighted by atomic mass is 9.90. The third kappa shape index (κ3) is 7.92. The van der Waals surface area contributed by atoms with E-state index in [2.05, 4.69) is 74.5 Å². The van der Waals surface area contributed by atoms with Gasteiger partial charge in [-0.25, -0.2) is 4.98 Å². The Balaban J connectivity index is 1.19. The second-order valence-electron chi connectivity index (χ2n) is 11.1. The van der Waals surface area contributed by atoms with Crippen LogP contribution >= 0.6 is 11.3 Å². The van der Waals surface area contributed by atoms with Gasteiger partial charge >= 0.3 is 5.97 Å². The van der Waals surface area contributed by atoms with Crippen molar-refractivity contribution in [3.63, 3.8) is 0 Å². The molecule has 224 valence electrons. The van der Waals surface area contributed by atoms with Gasteiger partial charge in [-0.1, -0.05) is 75.2 Å². The molecule has 0 bridgehead atoms. The first-order valence-electron chi connectivity index (χ1n) is 15.2. The number of fused-ring (bicyclic) bond motifs is 1. The smallest absolute Gasteiger partial charge is 0.322 e. The van der Waals surface area contributed by atoms with Gasteiger partial charge in [0.15, 0.2) is 0 Å². The van der Waals surface area contributed by atoms with Gasteiger partial charge in [0.2, 0.25) is 0 Å². The molecular formula is C36H41N3O3S. The van der Waals surface area contributed by atoms with Crippen molar-refractivity contribution in [1.29, 1.82) is 0 Å². The van der Waals surface area contributed by atoms with Gasteiger partial charge in [0.05, 0.1) is 24.1 Å². The van der Waals surface area contributed by atoms with Gasteiger partial charge < -0.3 is 14.1 Å². The molecule has 0 spiro atoms. The molecule has 7 heteroatoms. The van der Waals surface area contributed by atoms with Crippen LogP contribution in [-0.4, -0.2) is 20.6 Å². The number of rotatable bonds is 14.